The van der Waals surface area contributed by atoms with Crippen LogP contribution in [0.2, 0.25) is 0 Å². The van der Waals surface area contributed by atoms with E-state index < -0.39 is 0 Å². The van der Waals surface area contributed by atoms with Gasteiger partial charge in [0.05, 0.1) is 14.2 Å². The van der Waals surface area contributed by atoms with Crippen LogP contribution in [0.15, 0.2) is 67.0 Å². The third-order valence-electron chi connectivity index (χ3n) is 4.39. The van der Waals surface area contributed by atoms with Gasteiger partial charge in [-0.15, -0.1) is 0 Å². The lowest BCUT2D eigenvalue weighted by atomic mass is 10.1. The first-order valence-corrected chi connectivity index (χ1v) is 9.18. The molecule has 0 aliphatic heterocycles. The Morgan fingerprint density at radius 3 is 2.29 bits per heavy atom. The van der Waals surface area contributed by atoms with Crippen LogP contribution in [0.25, 0.3) is 0 Å². The first-order chi connectivity index (χ1) is 13.7. The van der Waals surface area contributed by atoms with E-state index in [4.69, 9.17) is 14.2 Å². The summed E-state index contributed by atoms with van der Waals surface area (Å²) >= 11 is 0. The summed E-state index contributed by atoms with van der Waals surface area (Å²) in [6, 6.07) is 18.0. The van der Waals surface area contributed by atoms with Gasteiger partial charge in [0.1, 0.15) is 23.9 Å². The fourth-order valence-corrected chi connectivity index (χ4v) is 3.04. The summed E-state index contributed by atoms with van der Waals surface area (Å²) in [6.07, 6.45) is 3.59. The number of hydrogen-bond acceptors (Lipinski definition) is 5. The predicted octanol–water partition coefficient (Wildman–Crippen LogP) is 4.31. The fraction of sp³-hybridized carbons (Fsp3) is 0.261. The van der Waals surface area contributed by atoms with Crippen molar-refractivity contribution in [2.24, 2.45) is 0 Å². The minimum absolute atomic E-state index is 0.502. The standard InChI is InChI=1S/C23H26N2O3/c1-25(15-19-11-21(26-2)13-22(12-19)27-3)16-20-8-4-5-9-23(20)28-17-18-7-6-10-24-14-18/h4-14H,15-17H2,1-3H3. The van der Waals surface area contributed by atoms with Crippen LogP contribution in [0.5, 0.6) is 17.2 Å². The van der Waals surface area contributed by atoms with Gasteiger partial charge < -0.3 is 14.2 Å². The summed E-state index contributed by atoms with van der Waals surface area (Å²) in [7, 11) is 5.42. The molecule has 1 heterocycles. The van der Waals surface area contributed by atoms with Crippen molar-refractivity contribution >= 4 is 0 Å². The van der Waals surface area contributed by atoms with Crippen LogP contribution in [0.1, 0.15) is 16.7 Å². The highest BCUT2D eigenvalue weighted by atomic mass is 16.5. The molecule has 0 unspecified atom stereocenters. The Morgan fingerprint density at radius 2 is 1.61 bits per heavy atom. The Morgan fingerprint density at radius 1 is 0.857 bits per heavy atom. The molecule has 0 aliphatic carbocycles. The zero-order chi connectivity index (χ0) is 19.8. The van der Waals surface area contributed by atoms with E-state index in [2.05, 4.69) is 23.0 Å². The van der Waals surface area contributed by atoms with E-state index in [1.54, 1.807) is 20.4 Å². The van der Waals surface area contributed by atoms with Gasteiger partial charge in [-0.25, -0.2) is 0 Å². The second kappa shape index (κ2) is 9.76. The second-order valence-corrected chi connectivity index (χ2v) is 6.65. The van der Waals surface area contributed by atoms with Crippen LogP contribution in [0.3, 0.4) is 0 Å². The predicted molar refractivity (Wildman–Crippen MR) is 110 cm³/mol. The Hall–Kier alpha value is -3.05. The molecule has 5 heteroatoms. The molecule has 0 radical (unpaired) electrons. The lowest BCUT2D eigenvalue weighted by Crippen LogP contribution is -2.18. The molecule has 0 spiro atoms. The molecule has 0 aliphatic rings. The minimum atomic E-state index is 0.502. The highest BCUT2D eigenvalue weighted by molar-refractivity contribution is 5.38. The summed E-state index contributed by atoms with van der Waals surface area (Å²) in [4.78, 5) is 6.37. The molecule has 3 rings (SSSR count). The molecule has 0 atom stereocenters. The number of hydrogen-bond donors (Lipinski definition) is 0. The smallest absolute Gasteiger partial charge is 0.124 e. The van der Waals surface area contributed by atoms with Crippen molar-refractivity contribution in [2.75, 3.05) is 21.3 Å². The minimum Gasteiger partial charge on any atom is -0.497 e. The molecule has 2 aromatic carbocycles. The van der Waals surface area contributed by atoms with E-state index in [0.29, 0.717) is 6.61 Å². The van der Waals surface area contributed by atoms with Crippen molar-refractivity contribution in [2.45, 2.75) is 19.7 Å². The van der Waals surface area contributed by atoms with Crippen LogP contribution in [-0.2, 0) is 19.7 Å². The Kier molecular flexibility index (Phi) is 6.87. The molecule has 0 bridgehead atoms. The first-order valence-electron chi connectivity index (χ1n) is 9.18. The van der Waals surface area contributed by atoms with Gasteiger partial charge in [0.15, 0.2) is 0 Å². The summed E-state index contributed by atoms with van der Waals surface area (Å²) < 4.78 is 16.8. The molecular formula is C23H26N2O3. The molecule has 0 saturated heterocycles. The summed E-state index contributed by atoms with van der Waals surface area (Å²) in [6.45, 7) is 2.04. The van der Waals surface area contributed by atoms with Crippen LogP contribution < -0.4 is 14.2 Å². The number of nitrogens with zero attached hydrogens (tertiary/aromatic N) is 2. The van der Waals surface area contributed by atoms with Gasteiger partial charge in [0.25, 0.3) is 0 Å². The average Bonchev–Trinajstić information content (AvgIpc) is 2.73. The number of benzene rings is 2. The third-order valence-corrected chi connectivity index (χ3v) is 4.39. The van der Waals surface area contributed by atoms with Crippen molar-refractivity contribution < 1.29 is 14.2 Å². The van der Waals surface area contributed by atoms with Gasteiger partial charge in [-0.1, -0.05) is 24.3 Å². The SMILES string of the molecule is COc1cc(CN(C)Cc2ccccc2OCc2cccnc2)cc(OC)c1. The average molecular weight is 378 g/mol. The zero-order valence-corrected chi connectivity index (χ0v) is 16.6. The summed E-state index contributed by atoms with van der Waals surface area (Å²) in [5.41, 5.74) is 3.32. The van der Waals surface area contributed by atoms with Gasteiger partial charge in [-0.3, -0.25) is 9.88 Å². The zero-order valence-electron chi connectivity index (χ0n) is 16.6. The number of pyridine rings is 1. The largest absolute Gasteiger partial charge is 0.497 e. The molecule has 0 N–H and O–H groups in total. The third kappa shape index (κ3) is 5.47. The van der Waals surface area contributed by atoms with Crippen molar-refractivity contribution in [1.82, 2.24) is 9.88 Å². The fourth-order valence-electron chi connectivity index (χ4n) is 3.04. The number of aromatic nitrogens is 1. The van der Waals surface area contributed by atoms with Crippen molar-refractivity contribution in [1.29, 1.82) is 0 Å². The molecule has 146 valence electrons. The summed E-state index contributed by atoms with van der Waals surface area (Å²) in [5, 5.41) is 0. The number of ether oxygens (including phenoxy) is 3. The van der Waals surface area contributed by atoms with Crippen molar-refractivity contribution in [3.63, 3.8) is 0 Å². The van der Waals surface area contributed by atoms with Gasteiger partial charge in [0.2, 0.25) is 0 Å². The molecule has 0 amide bonds. The molecule has 0 fully saturated rings. The topological polar surface area (TPSA) is 43.8 Å². The maximum atomic E-state index is 6.04. The molecule has 28 heavy (non-hydrogen) atoms. The van der Waals surface area contributed by atoms with Crippen LogP contribution >= 0.6 is 0 Å². The van der Waals surface area contributed by atoms with Crippen molar-refractivity contribution in [3.8, 4) is 17.2 Å². The lowest BCUT2D eigenvalue weighted by Gasteiger charge is -2.20. The molecule has 3 aromatic rings. The van der Waals surface area contributed by atoms with Gasteiger partial charge in [0, 0.05) is 42.7 Å². The highest BCUT2D eigenvalue weighted by Gasteiger charge is 2.09. The van der Waals surface area contributed by atoms with E-state index >= 15 is 0 Å². The number of rotatable bonds is 9. The normalized spacial score (nSPS) is 10.7. The van der Waals surface area contributed by atoms with E-state index in [0.717, 1.165) is 47.0 Å². The Bertz CT molecular complexity index is 862. The van der Waals surface area contributed by atoms with Crippen molar-refractivity contribution in [3.05, 3.63) is 83.7 Å². The number of methoxy groups -OCH3 is 2. The Labute approximate surface area is 166 Å². The van der Waals surface area contributed by atoms with Crippen LogP contribution in [0.4, 0.5) is 0 Å². The number of para-hydroxylation sites is 1. The van der Waals surface area contributed by atoms with E-state index in [9.17, 15) is 0 Å². The second-order valence-electron chi connectivity index (χ2n) is 6.65. The lowest BCUT2D eigenvalue weighted by molar-refractivity contribution is 0.281. The van der Waals surface area contributed by atoms with Crippen LogP contribution in [0, 0.1) is 0 Å². The van der Waals surface area contributed by atoms with Gasteiger partial charge in [-0.2, -0.15) is 0 Å². The van der Waals surface area contributed by atoms with E-state index in [1.165, 1.54) is 0 Å². The monoisotopic (exact) mass is 378 g/mol. The van der Waals surface area contributed by atoms with E-state index in [-0.39, 0.29) is 0 Å². The molecule has 1 aromatic heterocycles. The molecular weight excluding hydrogens is 352 g/mol. The first kappa shape index (κ1) is 19.7. The quantitative estimate of drug-likeness (QED) is 0.555. The van der Waals surface area contributed by atoms with Gasteiger partial charge in [-0.05, 0) is 36.9 Å². The highest BCUT2D eigenvalue weighted by Crippen LogP contribution is 2.25. The Balaban J connectivity index is 1.66. The molecule has 5 nitrogen and oxygen atoms in total. The van der Waals surface area contributed by atoms with Gasteiger partial charge >= 0.3 is 0 Å². The van der Waals surface area contributed by atoms with Crippen LogP contribution in [-0.4, -0.2) is 31.2 Å². The maximum Gasteiger partial charge on any atom is 0.124 e. The summed E-state index contributed by atoms with van der Waals surface area (Å²) in [5.74, 6) is 2.48. The molecule has 0 saturated carbocycles. The maximum absolute atomic E-state index is 6.04. The van der Waals surface area contributed by atoms with E-state index in [1.807, 2.05) is 54.7 Å².